The number of rotatable bonds is 5. The molecule has 0 N–H and O–H groups in total. The molecule has 1 aromatic rings. The van der Waals surface area contributed by atoms with Crippen LogP contribution < -0.4 is 125 Å². The van der Waals surface area contributed by atoms with E-state index >= 15 is 0 Å². The summed E-state index contributed by atoms with van der Waals surface area (Å²) in [6.07, 6.45) is -2.33. The maximum atomic E-state index is 8.33. The Morgan fingerprint density at radius 3 is 1.57 bits per heavy atom. The van der Waals surface area contributed by atoms with Crippen molar-refractivity contribution in [2.45, 2.75) is 27.3 Å². The van der Waals surface area contributed by atoms with Gasteiger partial charge in [-0.1, -0.05) is 30.3 Å². The topological polar surface area (TPSA) is 63.2 Å². The zero-order valence-electron chi connectivity index (χ0n) is 13.8. The van der Waals surface area contributed by atoms with Gasteiger partial charge in [-0.3, -0.25) is 0 Å². The van der Waals surface area contributed by atoms with Crippen LogP contribution in [0.3, 0.4) is 0 Å². The van der Waals surface area contributed by atoms with Crippen LogP contribution in [0.5, 0.6) is 0 Å². The summed E-state index contributed by atoms with van der Waals surface area (Å²) in [7, 11) is 0. The molecular weight excluding hydrogens is 344 g/mol. The van der Waals surface area contributed by atoms with Gasteiger partial charge in [0.15, 0.2) is 0 Å². The first kappa shape index (κ1) is 30.8. The summed E-state index contributed by atoms with van der Waals surface area (Å²) in [5, 5.41) is 16.7. The average Bonchev–Trinajstić information content (AvgIpc) is 2.37. The van der Waals surface area contributed by atoms with E-state index in [-0.39, 0.29) is 115 Å². The van der Waals surface area contributed by atoms with Gasteiger partial charge < -0.3 is 31.9 Å². The largest absolute Gasteiger partial charge is 1.00 e. The van der Waals surface area contributed by atoms with Crippen LogP contribution in [-0.4, -0.2) is 30.3 Å². The molecule has 4 nitrogen and oxygen atoms in total. The quantitative estimate of drug-likeness (QED) is 0.384. The van der Waals surface area contributed by atoms with Crippen molar-refractivity contribution in [3.05, 3.63) is 35.9 Å². The molecule has 0 fully saturated rings. The molecule has 1 rings (SSSR count). The molecule has 0 heterocycles. The molecular formula is C14H22ClK2NO3. The minimum absolute atomic E-state index is 0. The summed E-state index contributed by atoms with van der Waals surface area (Å²) in [5.74, 6) is 0. The first-order valence-electron chi connectivity index (χ1n) is 6.26. The number of carbonyl (C=O) groups is 1. The minimum Gasteiger partial charge on any atom is -1.00 e. The molecule has 0 aliphatic rings. The number of nitrogens with zero attached hydrogens (tertiary/aromatic N) is 1. The predicted molar refractivity (Wildman–Crippen MR) is 67.4 cm³/mol. The van der Waals surface area contributed by atoms with Crippen molar-refractivity contribution in [3.8, 4) is 0 Å². The normalized spacial score (nSPS) is 8.90. The molecule has 0 saturated heterocycles. The zero-order chi connectivity index (χ0) is 14.0. The third-order valence-corrected chi connectivity index (χ3v) is 3.37. The van der Waals surface area contributed by atoms with Gasteiger partial charge >= 0.3 is 103 Å². The fourth-order valence-electron chi connectivity index (χ4n) is 1.98. The Balaban J connectivity index is -0.000000185. The monoisotopic (exact) mass is 365 g/mol. The van der Waals surface area contributed by atoms with Gasteiger partial charge in [-0.25, -0.2) is 0 Å². The molecule has 0 aliphatic heterocycles. The van der Waals surface area contributed by atoms with E-state index in [1.54, 1.807) is 0 Å². The van der Waals surface area contributed by atoms with E-state index in [2.05, 4.69) is 51.1 Å². The molecule has 21 heavy (non-hydrogen) atoms. The zero-order valence-corrected chi connectivity index (χ0v) is 20.8. The van der Waals surface area contributed by atoms with Crippen LogP contribution >= 0.6 is 0 Å². The molecule has 0 spiro atoms. The Bertz CT molecular complexity index is 337. The predicted octanol–water partition coefficient (Wildman–Crippen LogP) is -8.37. The number of carboxylic acid groups (broad SMARTS) is 2. The van der Waals surface area contributed by atoms with Crippen molar-refractivity contribution in [1.29, 1.82) is 0 Å². The van der Waals surface area contributed by atoms with Gasteiger partial charge in [-0.15, -0.1) is 0 Å². The fourth-order valence-corrected chi connectivity index (χ4v) is 1.98. The second-order valence-electron chi connectivity index (χ2n) is 4.18. The van der Waals surface area contributed by atoms with Crippen LogP contribution in [0.2, 0.25) is 0 Å². The second kappa shape index (κ2) is 18.4. The van der Waals surface area contributed by atoms with Gasteiger partial charge in [0.05, 0.1) is 19.6 Å². The number of benzene rings is 1. The van der Waals surface area contributed by atoms with Gasteiger partial charge in [0.1, 0.15) is 6.54 Å². The van der Waals surface area contributed by atoms with E-state index in [0.29, 0.717) is 0 Å². The summed E-state index contributed by atoms with van der Waals surface area (Å²) >= 11 is 0. The first-order valence-corrected chi connectivity index (χ1v) is 6.26. The fraction of sp³-hybridized carbons (Fsp3) is 0.500. The molecule has 0 aromatic heterocycles. The van der Waals surface area contributed by atoms with Crippen LogP contribution in [-0.2, 0) is 6.54 Å². The minimum atomic E-state index is -2.33. The molecule has 0 radical (unpaired) electrons. The molecule has 0 atom stereocenters. The van der Waals surface area contributed by atoms with E-state index in [9.17, 15) is 0 Å². The molecule has 0 amide bonds. The molecule has 110 valence electrons. The van der Waals surface area contributed by atoms with Crippen molar-refractivity contribution in [2.24, 2.45) is 0 Å². The number of quaternary nitrogens is 1. The summed E-state index contributed by atoms with van der Waals surface area (Å²) in [5.41, 5.74) is 1.46. The molecule has 7 heteroatoms. The Morgan fingerprint density at radius 1 is 0.952 bits per heavy atom. The molecule has 0 saturated carbocycles. The van der Waals surface area contributed by atoms with Crippen molar-refractivity contribution in [2.75, 3.05) is 19.6 Å². The third-order valence-electron chi connectivity index (χ3n) is 3.37. The maximum absolute atomic E-state index is 8.33. The van der Waals surface area contributed by atoms with E-state index in [1.165, 1.54) is 36.2 Å². The van der Waals surface area contributed by atoms with Crippen LogP contribution in [0, 0.1) is 0 Å². The van der Waals surface area contributed by atoms with Crippen molar-refractivity contribution < 1.29 is 135 Å². The van der Waals surface area contributed by atoms with Crippen LogP contribution in [0.25, 0.3) is 0 Å². The standard InChI is InChI=1S/C13H22N.CH2O3.ClH.2K/c1-4-14(5-2,6-3)12-13-10-8-7-9-11-13;2-1(3)4;;;/h7-11H,4-6,12H2,1-3H3;(H2,2,3,4);1H;;/q+1;;;2*+1/p-3. The smallest absolute Gasteiger partial charge is 1.00 e. The Hall–Kier alpha value is 2.01. The van der Waals surface area contributed by atoms with E-state index in [4.69, 9.17) is 15.0 Å². The van der Waals surface area contributed by atoms with Crippen LogP contribution in [0.15, 0.2) is 30.3 Å². The summed E-state index contributed by atoms with van der Waals surface area (Å²) in [4.78, 5) is 8.33. The van der Waals surface area contributed by atoms with Crippen molar-refractivity contribution in [1.82, 2.24) is 0 Å². The summed E-state index contributed by atoms with van der Waals surface area (Å²) in [6.45, 7) is 11.7. The first-order chi connectivity index (χ1) is 8.49. The number of hydrogen-bond acceptors (Lipinski definition) is 3. The number of hydrogen-bond donors (Lipinski definition) is 0. The van der Waals surface area contributed by atoms with Gasteiger partial charge in [0.2, 0.25) is 0 Å². The van der Waals surface area contributed by atoms with Gasteiger partial charge in [0, 0.05) is 5.56 Å². The second-order valence-corrected chi connectivity index (χ2v) is 4.18. The summed E-state index contributed by atoms with van der Waals surface area (Å²) < 4.78 is 1.20. The number of carbonyl (C=O) groups excluding carboxylic acids is 1. The van der Waals surface area contributed by atoms with Crippen molar-refractivity contribution in [3.63, 3.8) is 0 Å². The van der Waals surface area contributed by atoms with Crippen LogP contribution in [0.4, 0.5) is 4.79 Å². The third kappa shape index (κ3) is 15.3. The van der Waals surface area contributed by atoms with Crippen molar-refractivity contribution >= 4 is 6.16 Å². The molecule has 0 aliphatic carbocycles. The van der Waals surface area contributed by atoms with Crippen LogP contribution in [0.1, 0.15) is 26.3 Å². The Labute approximate surface area is 219 Å². The number of halogens is 1. The molecule has 0 unspecified atom stereocenters. The molecule has 0 bridgehead atoms. The van der Waals surface area contributed by atoms with E-state index < -0.39 is 6.16 Å². The Kier molecular flexibility index (Phi) is 27.0. The van der Waals surface area contributed by atoms with Gasteiger partial charge in [-0.2, -0.15) is 0 Å². The Morgan fingerprint density at radius 2 is 1.29 bits per heavy atom. The summed E-state index contributed by atoms with van der Waals surface area (Å²) in [6, 6.07) is 10.8. The molecule has 1 aromatic carbocycles. The average molecular weight is 366 g/mol. The maximum Gasteiger partial charge on any atom is 1.00 e. The van der Waals surface area contributed by atoms with Gasteiger partial charge in [-0.05, 0) is 26.9 Å². The van der Waals surface area contributed by atoms with E-state index in [0.717, 1.165) is 0 Å². The van der Waals surface area contributed by atoms with E-state index in [1.807, 2.05) is 0 Å². The van der Waals surface area contributed by atoms with Gasteiger partial charge in [0.25, 0.3) is 0 Å². The SMILES string of the molecule is CC[N+](CC)(CC)Cc1ccccc1.O=C([O-])[O-].[Cl-].[K+].[K+].